The molecular weight excluding hydrogens is 971 g/mol. The first-order valence-corrected chi connectivity index (χ1v) is 22.8. The van der Waals surface area contributed by atoms with Crippen LogP contribution in [0.1, 0.15) is 63.6 Å². The summed E-state index contributed by atoms with van der Waals surface area (Å²) in [5.74, 6) is -12.3. The van der Waals surface area contributed by atoms with Crippen molar-refractivity contribution in [1.29, 1.82) is 5.41 Å². The van der Waals surface area contributed by atoms with Gasteiger partial charge in [0.25, 0.3) is 0 Å². The Morgan fingerprint density at radius 3 is 1.75 bits per heavy atom. The molecule has 28 nitrogen and oxygen atoms in total. The fraction of sp³-hybridized carbons (Fsp3) is 0.488. The summed E-state index contributed by atoms with van der Waals surface area (Å²) in [6.45, 7) is 2.20. The number of carbonyl (C=O) groups is 12. The lowest BCUT2D eigenvalue weighted by Gasteiger charge is -2.28. The zero-order chi connectivity index (χ0) is 53.9. The predicted octanol–water partition coefficient (Wildman–Crippen LogP) is -4.64. The number of amides is 7. The number of aliphatic carboxylic acids is 3. The molecule has 2 rings (SSSR count). The van der Waals surface area contributed by atoms with Crippen molar-refractivity contribution in [2.45, 2.75) is 114 Å². The van der Waals surface area contributed by atoms with Crippen molar-refractivity contribution in [3.8, 4) is 0 Å². The molecule has 1 heterocycles. The third kappa shape index (κ3) is 23.1. The number of guanidine groups is 1. The summed E-state index contributed by atoms with van der Waals surface area (Å²) >= 11 is 4.09. The molecule has 16 N–H and O–H groups in total. The van der Waals surface area contributed by atoms with Gasteiger partial charge in [0.1, 0.15) is 48.3 Å². The monoisotopic (exact) mass is 1030 g/mol. The first-order chi connectivity index (χ1) is 34.0. The van der Waals surface area contributed by atoms with Gasteiger partial charge in [-0.1, -0.05) is 30.3 Å². The molecule has 7 amide bonds. The van der Waals surface area contributed by atoms with Gasteiger partial charge in [-0.3, -0.25) is 63.5 Å². The summed E-state index contributed by atoms with van der Waals surface area (Å²) in [6.07, 6.45) is -0.891. The number of imidazole rings is 1. The zero-order valence-electron chi connectivity index (χ0n) is 39.2. The van der Waals surface area contributed by atoms with E-state index < -0.39 is 139 Å². The molecule has 0 spiro atoms. The molecule has 0 saturated heterocycles. The fourth-order valence-electron chi connectivity index (χ4n) is 6.48. The standard InChI is InChI=1S/C43H61N13O15S/c1-22(58)17-48-32(20-72)42(71)56-31(16-35(63)64)41(70)55-30(14-25-18-46-21-49-25)40(69)52-27(9-6-12-47-43(44)45)38(67)54-29(13-24-7-4-3-5-8-24)39(68)53-28(10-11-33(59)60)37(66)50-23(2)36(65)51-26(19-57)15-34(61)62/h3-5,7-8,18-19,21,23,26-32,48,72H,6,9-17,20H2,1-2H3,(H,46,49)(H,50,66)(H,51,65)(H,52,69)(H,53,68)(H,54,67)(H,55,70)(H,56,71)(H,59,60)(H,61,62)(H,63,64)(H4,44,45,47)/t23?,26-,27-,28-,29?,30?,31-,32?/m0/s1. The molecule has 0 fully saturated rings. The SMILES string of the molecule is CC(=O)CNC(CS)C(=O)N[C@@H](CC(=O)O)C(=O)NC(Cc1cnc[nH]1)C(=O)N[C@@H](CCCNC(=N)N)C(=O)NC(Cc1ccccc1)C(=O)N[C@@H](CCC(=O)O)C(=O)NC(C)C(=O)N[C@H](C=O)CC(=O)O. The van der Waals surface area contributed by atoms with Crippen LogP contribution >= 0.6 is 12.6 Å². The second kappa shape index (κ2) is 31.3. The Morgan fingerprint density at radius 1 is 0.694 bits per heavy atom. The normalized spacial score (nSPS) is 14.1. The van der Waals surface area contributed by atoms with Gasteiger partial charge in [0.15, 0.2) is 5.96 Å². The quantitative estimate of drug-likeness (QED) is 0.0103. The van der Waals surface area contributed by atoms with E-state index in [0.29, 0.717) is 5.56 Å². The fourth-order valence-corrected chi connectivity index (χ4v) is 6.78. The van der Waals surface area contributed by atoms with Crippen molar-refractivity contribution < 1.29 is 72.9 Å². The highest BCUT2D eigenvalue weighted by Gasteiger charge is 2.35. The Bertz CT molecular complexity index is 2240. The number of nitrogens with two attached hydrogens (primary N) is 1. The number of aromatic nitrogens is 2. The van der Waals surface area contributed by atoms with E-state index in [0.717, 1.165) is 0 Å². The average Bonchev–Trinajstić information content (AvgIpc) is 3.83. The van der Waals surface area contributed by atoms with Gasteiger partial charge in [-0.15, -0.1) is 0 Å². The molecule has 8 atom stereocenters. The second-order valence-corrected chi connectivity index (χ2v) is 16.6. The maximum atomic E-state index is 14.3. The van der Waals surface area contributed by atoms with Crippen LogP contribution in [-0.2, 0) is 70.4 Å². The van der Waals surface area contributed by atoms with Crippen LogP contribution in [0.4, 0.5) is 0 Å². The minimum Gasteiger partial charge on any atom is -0.481 e. The van der Waals surface area contributed by atoms with E-state index in [1.807, 2.05) is 0 Å². The largest absolute Gasteiger partial charge is 0.481 e. The summed E-state index contributed by atoms with van der Waals surface area (Å²) in [4.78, 5) is 160. The highest BCUT2D eigenvalue weighted by atomic mass is 32.1. The molecule has 0 radical (unpaired) electrons. The lowest BCUT2D eigenvalue weighted by Crippen LogP contribution is -2.61. The molecule has 0 aliphatic rings. The van der Waals surface area contributed by atoms with Gasteiger partial charge >= 0.3 is 17.9 Å². The number of nitrogens with one attached hydrogen (secondary N) is 11. The third-order valence-electron chi connectivity index (χ3n) is 10.2. The highest BCUT2D eigenvalue weighted by molar-refractivity contribution is 7.80. The average molecular weight is 1030 g/mol. The molecule has 0 bridgehead atoms. The first-order valence-electron chi connectivity index (χ1n) is 22.2. The molecule has 72 heavy (non-hydrogen) atoms. The number of thiol groups is 1. The van der Waals surface area contributed by atoms with Gasteiger partial charge in [0, 0.05) is 43.5 Å². The van der Waals surface area contributed by atoms with Crippen molar-refractivity contribution in [3.05, 3.63) is 54.1 Å². The molecule has 1 aromatic carbocycles. The first kappa shape index (κ1) is 60.2. The van der Waals surface area contributed by atoms with Gasteiger partial charge < -0.3 is 73.4 Å². The number of Topliss-reactive ketones (excluding diaryl/α,β-unsaturated/α-hetero) is 1. The maximum Gasteiger partial charge on any atom is 0.305 e. The number of hydrogen-bond acceptors (Lipinski definition) is 16. The highest BCUT2D eigenvalue weighted by Crippen LogP contribution is 2.10. The Hall–Kier alpha value is -7.95. The van der Waals surface area contributed by atoms with Gasteiger partial charge in [-0.05, 0) is 38.7 Å². The van der Waals surface area contributed by atoms with E-state index in [-0.39, 0.29) is 62.3 Å². The van der Waals surface area contributed by atoms with Crippen LogP contribution in [0, 0.1) is 5.41 Å². The van der Waals surface area contributed by atoms with Gasteiger partial charge in [0.2, 0.25) is 41.4 Å². The third-order valence-corrected chi connectivity index (χ3v) is 10.5. The predicted molar refractivity (Wildman–Crippen MR) is 255 cm³/mol. The van der Waals surface area contributed by atoms with E-state index in [4.69, 9.17) is 16.2 Å². The Morgan fingerprint density at radius 2 is 1.22 bits per heavy atom. The number of carbonyl (C=O) groups excluding carboxylic acids is 9. The number of aldehydes is 1. The van der Waals surface area contributed by atoms with Crippen LogP contribution < -0.4 is 53.6 Å². The summed E-state index contributed by atoms with van der Waals surface area (Å²) in [5.41, 5.74) is 6.18. The van der Waals surface area contributed by atoms with Gasteiger partial charge in [-0.25, -0.2) is 4.98 Å². The number of carboxylic acid groups (broad SMARTS) is 3. The van der Waals surface area contributed by atoms with Crippen LogP contribution in [0.2, 0.25) is 0 Å². The minimum atomic E-state index is -1.78. The second-order valence-electron chi connectivity index (χ2n) is 16.2. The zero-order valence-corrected chi connectivity index (χ0v) is 40.1. The van der Waals surface area contributed by atoms with E-state index in [1.165, 1.54) is 26.4 Å². The molecule has 1 aromatic heterocycles. The lowest BCUT2D eigenvalue weighted by molar-refractivity contribution is -0.141. The maximum absolute atomic E-state index is 14.3. The lowest BCUT2D eigenvalue weighted by atomic mass is 10.0. The van der Waals surface area contributed by atoms with Crippen molar-refractivity contribution in [1.82, 2.24) is 57.8 Å². The molecule has 0 aliphatic heterocycles. The van der Waals surface area contributed by atoms with Crippen LogP contribution in [0.3, 0.4) is 0 Å². The molecule has 29 heteroatoms. The smallest absolute Gasteiger partial charge is 0.305 e. The van der Waals surface area contributed by atoms with Crippen molar-refractivity contribution in [2.75, 3.05) is 18.8 Å². The number of nitrogens with zero attached hydrogens (tertiary/aromatic N) is 1. The van der Waals surface area contributed by atoms with Crippen LogP contribution in [0.5, 0.6) is 0 Å². The van der Waals surface area contributed by atoms with Crippen molar-refractivity contribution >= 4 is 89.9 Å². The van der Waals surface area contributed by atoms with Crippen molar-refractivity contribution in [2.24, 2.45) is 5.73 Å². The Kier molecular flexibility index (Phi) is 26.2. The molecule has 4 unspecified atom stereocenters. The summed E-state index contributed by atoms with van der Waals surface area (Å²) in [5, 5.41) is 57.5. The minimum absolute atomic E-state index is 0.00845. The molecular formula is C43H61N13O15S. The number of hydrogen-bond donors (Lipinski definition) is 16. The Balaban J connectivity index is 2.51. The van der Waals surface area contributed by atoms with Crippen LogP contribution in [0.25, 0.3) is 0 Å². The number of aromatic amines is 1. The van der Waals surface area contributed by atoms with E-state index in [1.54, 1.807) is 30.3 Å². The number of H-pyrrole nitrogens is 1. The molecule has 0 saturated carbocycles. The number of rotatable bonds is 34. The van der Waals surface area contributed by atoms with Gasteiger partial charge in [0.05, 0.1) is 37.8 Å². The molecule has 0 aliphatic carbocycles. The molecule has 394 valence electrons. The summed E-state index contributed by atoms with van der Waals surface area (Å²) < 4.78 is 0. The summed E-state index contributed by atoms with van der Waals surface area (Å²) in [6, 6.07) is -4.02. The van der Waals surface area contributed by atoms with E-state index in [9.17, 15) is 67.7 Å². The van der Waals surface area contributed by atoms with Crippen LogP contribution in [-0.4, -0.2) is 170 Å². The van der Waals surface area contributed by atoms with Gasteiger partial charge in [-0.2, -0.15) is 12.6 Å². The van der Waals surface area contributed by atoms with Crippen molar-refractivity contribution in [3.63, 3.8) is 0 Å². The topological polar surface area (TPSA) is 452 Å². The summed E-state index contributed by atoms with van der Waals surface area (Å²) in [7, 11) is 0. The number of carboxylic acids is 3. The van der Waals surface area contributed by atoms with E-state index in [2.05, 4.69) is 70.4 Å². The molecule has 2 aromatic rings. The number of ketones is 1. The number of benzene rings is 1. The Labute approximate surface area is 417 Å². The van der Waals surface area contributed by atoms with Crippen LogP contribution in [0.15, 0.2) is 42.9 Å². The van der Waals surface area contributed by atoms with E-state index >= 15 is 0 Å².